The van der Waals surface area contributed by atoms with Gasteiger partial charge in [-0.15, -0.1) is 0 Å². The second-order valence-electron chi connectivity index (χ2n) is 4.82. The lowest BCUT2D eigenvalue weighted by molar-refractivity contribution is -0.146. The molecule has 0 bridgehead atoms. The normalized spacial score (nSPS) is 22.2. The maximum absolute atomic E-state index is 11.4. The molecule has 1 aliphatic rings. The minimum absolute atomic E-state index is 0.136. The number of carbonyl (C=O) groups is 1. The third-order valence-electron chi connectivity index (χ3n) is 3.19. The minimum atomic E-state index is -0.184. The molecule has 0 unspecified atom stereocenters. The van der Waals surface area contributed by atoms with Gasteiger partial charge >= 0.3 is 5.97 Å². The summed E-state index contributed by atoms with van der Waals surface area (Å²) in [7, 11) is 1.41. The Morgan fingerprint density at radius 1 is 1.68 bits per heavy atom. The molecule has 0 radical (unpaired) electrons. The number of morpholine rings is 1. The monoisotopic (exact) mass is 268 g/mol. The Morgan fingerprint density at radius 2 is 2.47 bits per heavy atom. The van der Waals surface area contributed by atoms with E-state index in [2.05, 4.69) is 20.1 Å². The highest BCUT2D eigenvalue weighted by Crippen LogP contribution is 2.19. The Kier molecular flexibility index (Phi) is 4.49. The van der Waals surface area contributed by atoms with Gasteiger partial charge < -0.3 is 9.47 Å². The van der Waals surface area contributed by atoms with Crippen molar-refractivity contribution in [1.82, 2.24) is 20.1 Å². The first kappa shape index (κ1) is 14.0. The molecule has 2 atom stereocenters. The summed E-state index contributed by atoms with van der Waals surface area (Å²) in [5.41, 5.74) is 0. The second kappa shape index (κ2) is 6.12. The zero-order chi connectivity index (χ0) is 13.8. The summed E-state index contributed by atoms with van der Waals surface area (Å²) in [5.74, 6) is 1.13. The molecule has 19 heavy (non-hydrogen) atoms. The topological polar surface area (TPSA) is 80.3 Å². The van der Waals surface area contributed by atoms with E-state index in [0.717, 1.165) is 12.4 Å². The lowest BCUT2D eigenvalue weighted by atomic mass is 10.1. The van der Waals surface area contributed by atoms with E-state index >= 15 is 0 Å². The molecule has 1 saturated heterocycles. The number of rotatable bonds is 4. The van der Waals surface area contributed by atoms with Crippen LogP contribution in [-0.2, 0) is 14.3 Å². The number of aryl methyl sites for hydroxylation is 1. The van der Waals surface area contributed by atoms with E-state index < -0.39 is 0 Å². The summed E-state index contributed by atoms with van der Waals surface area (Å²) in [6.07, 6.45) is -0.136. The van der Waals surface area contributed by atoms with Crippen molar-refractivity contribution in [3.05, 3.63) is 11.6 Å². The van der Waals surface area contributed by atoms with Crippen LogP contribution in [0, 0.1) is 12.8 Å². The van der Waals surface area contributed by atoms with Crippen molar-refractivity contribution in [3.8, 4) is 0 Å². The summed E-state index contributed by atoms with van der Waals surface area (Å²) >= 11 is 0. The van der Waals surface area contributed by atoms with Crippen LogP contribution in [0.25, 0.3) is 0 Å². The number of aromatic nitrogens is 3. The highest BCUT2D eigenvalue weighted by Gasteiger charge is 2.27. The molecular formula is C12H20N4O3. The lowest BCUT2D eigenvalue weighted by Gasteiger charge is -2.32. The van der Waals surface area contributed by atoms with Crippen LogP contribution >= 0.6 is 0 Å². The minimum Gasteiger partial charge on any atom is -0.469 e. The van der Waals surface area contributed by atoms with E-state index in [1.54, 1.807) is 0 Å². The van der Waals surface area contributed by atoms with Gasteiger partial charge in [0.1, 0.15) is 11.9 Å². The Morgan fingerprint density at radius 3 is 3.11 bits per heavy atom. The molecule has 1 aliphatic heterocycles. The van der Waals surface area contributed by atoms with E-state index in [4.69, 9.17) is 9.47 Å². The van der Waals surface area contributed by atoms with Crippen LogP contribution in [0.15, 0.2) is 0 Å². The maximum Gasteiger partial charge on any atom is 0.309 e. The van der Waals surface area contributed by atoms with Crippen molar-refractivity contribution in [1.29, 1.82) is 0 Å². The third kappa shape index (κ3) is 3.51. The van der Waals surface area contributed by atoms with Crippen molar-refractivity contribution in [2.24, 2.45) is 5.92 Å². The summed E-state index contributed by atoms with van der Waals surface area (Å²) < 4.78 is 10.4. The van der Waals surface area contributed by atoms with Crippen molar-refractivity contribution >= 4 is 5.97 Å². The number of hydrogen-bond donors (Lipinski definition) is 1. The molecule has 1 aromatic heterocycles. The van der Waals surface area contributed by atoms with Crippen LogP contribution in [0.2, 0.25) is 0 Å². The van der Waals surface area contributed by atoms with E-state index in [0.29, 0.717) is 25.5 Å². The third-order valence-corrected chi connectivity index (χ3v) is 3.19. The van der Waals surface area contributed by atoms with Crippen LogP contribution in [0.1, 0.15) is 24.7 Å². The van der Waals surface area contributed by atoms with E-state index in [-0.39, 0.29) is 18.0 Å². The molecule has 0 aromatic carbocycles. The van der Waals surface area contributed by atoms with Gasteiger partial charge in [-0.25, -0.2) is 4.98 Å². The number of ether oxygens (including phenoxy) is 2. The second-order valence-corrected chi connectivity index (χ2v) is 4.82. The Hall–Kier alpha value is -1.47. The number of hydrogen-bond acceptors (Lipinski definition) is 6. The van der Waals surface area contributed by atoms with Gasteiger partial charge in [-0.2, -0.15) is 5.10 Å². The summed E-state index contributed by atoms with van der Waals surface area (Å²) in [5, 5.41) is 6.94. The van der Waals surface area contributed by atoms with E-state index in [1.807, 2.05) is 13.8 Å². The van der Waals surface area contributed by atoms with Gasteiger partial charge in [-0.3, -0.25) is 14.8 Å². The van der Waals surface area contributed by atoms with Gasteiger partial charge in [0.05, 0.1) is 19.6 Å². The molecule has 1 aromatic rings. The van der Waals surface area contributed by atoms with Crippen LogP contribution in [-0.4, -0.2) is 59.4 Å². The summed E-state index contributed by atoms with van der Waals surface area (Å²) in [6, 6.07) is 0. The van der Waals surface area contributed by atoms with Gasteiger partial charge in [0.15, 0.2) is 5.82 Å². The first-order chi connectivity index (χ1) is 9.10. The van der Waals surface area contributed by atoms with Crippen molar-refractivity contribution in [3.63, 3.8) is 0 Å². The Bertz CT molecular complexity index is 434. The van der Waals surface area contributed by atoms with Gasteiger partial charge in [0.2, 0.25) is 0 Å². The first-order valence-corrected chi connectivity index (χ1v) is 6.41. The van der Waals surface area contributed by atoms with Crippen molar-refractivity contribution in [2.45, 2.75) is 20.0 Å². The largest absolute Gasteiger partial charge is 0.469 e. The number of esters is 1. The standard InChI is InChI=1S/C12H20N4O3/c1-8(12(17)18-3)6-16-4-5-19-10(7-16)11-13-9(2)14-15-11/h8,10H,4-7H2,1-3H3,(H,13,14,15)/t8-,10-/m0/s1. The van der Waals surface area contributed by atoms with Crippen molar-refractivity contribution < 1.29 is 14.3 Å². The Balaban J connectivity index is 1.92. The Labute approximate surface area is 112 Å². The van der Waals surface area contributed by atoms with Gasteiger partial charge in [-0.1, -0.05) is 6.92 Å². The van der Waals surface area contributed by atoms with E-state index in [9.17, 15) is 4.79 Å². The smallest absolute Gasteiger partial charge is 0.309 e. The fourth-order valence-electron chi connectivity index (χ4n) is 2.19. The molecule has 0 aliphatic carbocycles. The molecule has 7 nitrogen and oxygen atoms in total. The SMILES string of the molecule is COC(=O)[C@@H](C)CN1CCO[C@H](c2n[nH]c(C)n2)C1. The van der Waals surface area contributed by atoms with Gasteiger partial charge in [0.25, 0.3) is 0 Å². The highest BCUT2D eigenvalue weighted by molar-refractivity contribution is 5.72. The predicted octanol–water partition coefficient (Wildman–Crippen LogP) is 0.296. The summed E-state index contributed by atoms with van der Waals surface area (Å²) in [6.45, 7) is 6.51. The zero-order valence-electron chi connectivity index (χ0n) is 11.5. The molecule has 106 valence electrons. The number of nitrogens with one attached hydrogen (secondary N) is 1. The van der Waals surface area contributed by atoms with Crippen LogP contribution in [0.3, 0.4) is 0 Å². The molecule has 2 rings (SSSR count). The zero-order valence-corrected chi connectivity index (χ0v) is 11.5. The molecule has 0 spiro atoms. The number of nitrogens with zero attached hydrogens (tertiary/aromatic N) is 3. The lowest BCUT2D eigenvalue weighted by Crippen LogP contribution is -2.42. The van der Waals surface area contributed by atoms with Crippen molar-refractivity contribution in [2.75, 3.05) is 33.4 Å². The van der Waals surface area contributed by atoms with Crippen LogP contribution in [0.5, 0.6) is 0 Å². The molecule has 1 N–H and O–H groups in total. The van der Waals surface area contributed by atoms with Crippen LogP contribution < -0.4 is 0 Å². The van der Waals surface area contributed by atoms with Crippen LogP contribution in [0.4, 0.5) is 0 Å². The molecule has 7 heteroatoms. The van der Waals surface area contributed by atoms with E-state index in [1.165, 1.54) is 7.11 Å². The fourth-order valence-corrected chi connectivity index (χ4v) is 2.19. The molecule has 0 amide bonds. The van der Waals surface area contributed by atoms with Gasteiger partial charge in [0, 0.05) is 19.6 Å². The highest BCUT2D eigenvalue weighted by atomic mass is 16.5. The summed E-state index contributed by atoms with van der Waals surface area (Å²) in [4.78, 5) is 17.9. The number of methoxy groups -OCH3 is 1. The van der Waals surface area contributed by atoms with Gasteiger partial charge in [-0.05, 0) is 6.92 Å². The molecule has 0 saturated carbocycles. The number of carbonyl (C=O) groups excluding carboxylic acids is 1. The molecule has 1 fully saturated rings. The fraction of sp³-hybridized carbons (Fsp3) is 0.750. The first-order valence-electron chi connectivity index (χ1n) is 6.41. The predicted molar refractivity (Wildman–Crippen MR) is 67.4 cm³/mol. The average Bonchev–Trinajstić information content (AvgIpc) is 2.84. The maximum atomic E-state index is 11.4. The average molecular weight is 268 g/mol. The number of H-pyrrole nitrogens is 1. The number of aromatic amines is 1. The molecular weight excluding hydrogens is 248 g/mol. The quantitative estimate of drug-likeness (QED) is 0.791. The molecule has 2 heterocycles.